The average Bonchev–Trinajstić information content (AvgIpc) is 2.96. The van der Waals surface area contributed by atoms with E-state index in [2.05, 4.69) is 4.72 Å². The Morgan fingerprint density at radius 3 is 2.58 bits per heavy atom. The van der Waals surface area contributed by atoms with E-state index in [1.54, 1.807) is 29.2 Å². The van der Waals surface area contributed by atoms with Crippen LogP contribution in [0.25, 0.3) is 0 Å². The van der Waals surface area contributed by atoms with E-state index >= 15 is 0 Å². The number of halogens is 2. The van der Waals surface area contributed by atoms with Gasteiger partial charge in [-0.15, -0.1) is 0 Å². The molecule has 2 aromatic carbocycles. The summed E-state index contributed by atoms with van der Waals surface area (Å²) >= 11 is 5.66. The van der Waals surface area contributed by atoms with Crippen LogP contribution in [0, 0.1) is 5.82 Å². The van der Waals surface area contributed by atoms with Crippen LogP contribution in [0.1, 0.15) is 12.8 Å². The molecule has 0 atom stereocenters. The highest BCUT2D eigenvalue weighted by Crippen LogP contribution is 2.31. The monoisotopic (exact) mass is 368 g/mol. The fourth-order valence-corrected chi connectivity index (χ4v) is 3.89. The van der Waals surface area contributed by atoms with Crippen LogP contribution >= 0.6 is 11.6 Å². The molecule has 1 saturated heterocycles. The van der Waals surface area contributed by atoms with Crippen molar-refractivity contribution in [3.05, 3.63) is 53.3 Å². The van der Waals surface area contributed by atoms with Crippen LogP contribution in [-0.4, -0.2) is 20.9 Å². The van der Waals surface area contributed by atoms with Crippen LogP contribution in [-0.2, 0) is 14.8 Å². The van der Waals surface area contributed by atoms with Gasteiger partial charge in [0.2, 0.25) is 5.91 Å². The molecule has 24 heavy (non-hydrogen) atoms. The molecule has 8 heteroatoms. The molecular weight excluding hydrogens is 355 g/mol. The molecule has 2 aromatic rings. The van der Waals surface area contributed by atoms with E-state index in [-0.39, 0.29) is 21.5 Å². The number of rotatable bonds is 4. The summed E-state index contributed by atoms with van der Waals surface area (Å²) in [5.74, 6) is -0.745. The third kappa shape index (κ3) is 3.22. The van der Waals surface area contributed by atoms with Crippen molar-refractivity contribution in [1.82, 2.24) is 0 Å². The second-order valence-electron chi connectivity index (χ2n) is 5.35. The van der Waals surface area contributed by atoms with Crippen molar-refractivity contribution in [2.45, 2.75) is 17.7 Å². The molecule has 1 amide bonds. The van der Waals surface area contributed by atoms with Crippen LogP contribution in [0.15, 0.2) is 47.4 Å². The van der Waals surface area contributed by atoms with Gasteiger partial charge in [-0.1, -0.05) is 23.7 Å². The van der Waals surface area contributed by atoms with E-state index in [1.165, 1.54) is 0 Å². The Morgan fingerprint density at radius 2 is 1.92 bits per heavy atom. The molecule has 5 nitrogen and oxygen atoms in total. The number of amides is 1. The Morgan fingerprint density at radius 1 is 1.17 bits per heavy atom. The fraction of sp³-hybridized carbons (Fsp3) is 0.188. The maximum Gasteiger partial charge on any atom is 0.262 e. The zero-order valence-corrected chi connectivity index (χ0v) is 14.1. The Hall–Kier alpha value is -2.12. The topological polar surface area (TPSA) is 66.5 Å². The van der Waals surface area contributed by atoms with Crippen LogP contribution in [0.2, 0.25) is 5.02 Å². The number of benzene rings is 2. The summed E-state index contributed by atoms with van der Waals surface area (Å²) in [4.78, 5) is 13.3. The van der Waals surface area contributed by atoms with Gasteiger partial charge in [0.05, 0.1) is 21.3 Å². The summed E-state index contributed by atoms with van der Waals surface area (Å²) in [7, 11) is -3.96. The van der Waals surface area contributed by atoms with Gasteiger partial charge in [0, 0.05) is 13.0 Å². The molecule has 3 rings (SSSR count). The van der Waals surface area contributed by atoms with Crippen LogP contribution < -0.4 is 9.62 Å². The first-order valence-electron chi connectivity index (χ1n) is 7.26. The van der Waals surface area contributed by atoms with Crippen LogP contribution in [0.3, 0.4) is 0 Å². The van der Waals surface area contributed by atoms with Gasteiger partial charge in [0.15, 0.2) is 0 Å². The Labute approximate surface area is 144 Å². The molecule has 1 fully saturated rings. The molecule has 126 valence electrons. The van der Waals surface area contributed by atoms with Crippen molar-refractivity contribution in [3.63, 3.8) is 0 Å². The minimum Gasteiger partial charge on any atom is -0.310 e. The quantitative estimate of drug-likeness (QED) is 0.899. The summed E-state index contributed by atoms with van der Waals surface area (Å²) in [6.07, 6.45) is 1.17. The van der Waals surface area contributed by atoms with Gasteiger partial charge < -0.3 is 4.90 Å². The van der Waals surface area contributed by atoms with Gasteiger partial charge in [0.25, 0.3) is 10.0 Å². The maximum absolute atomic E-state index is 13.2. The van der Waals surface area contributed by atoms with Crippen molar-refractivity contribution >= 4 is 38.9 Å². The van der Waals surface area contributed by atoms with Crippen LogP contribution in [0.5, 0.6) is 0 Å². The first-order chi connectivity index (χ1) is 11.4. The number of para-hydroxylation sites is 2. The van der Waals surface area contributed by atoms with E-state index in [1.807, 2.05) is 0 Å². The van der Waals surface area contributed by atoms with Gasteiger partial charge in [0.1, 0.15) is 5.82 Å². The SMILES string of the molecule is O=C1CCCN1c1ccccc1NS(=O)(=O)c1ccc(F)c(Cl)c1. The summed E-state index contributed by atoms with van der Waals surface area (Å²) < 4.78 is 40.7. The molecule has 1 heterocycles. The lowest BCUT2D eigenvalue weighted by atomic mass is 10.2. The lowest BCUT2D eigenvalue weighted by Crippen LogP contribution is -2.25. The Balaban J connectivity index is 1.96. The maximum atomic E-state index is 13.2. The number of hydrogen-bond donors (Lipinski definition) is 1. The van der Waals surface area contributed by atoms with Crippen LogP contribution in [0.4, 0.5) is 15.8 Å². The standard InChI is InChI=1S/C16H14ClFN2O3S/c17-12-10-11(7-8-13(12)18)24(22,23)19-14-4-1-2-5-15(14)20-9-3-6-16(20)21/h1-2,4-5,7-8,10,19H,3,6,9H2. The molecule has 0 spiro atoms. The summed E-state index contributed by atoms with van der Waals surface area (Å²) in [5, 5.41) is -0.277. The Kier molecular flexibility index (Phi) is 4.47. The molecule has 0 aliphatic carbocycles. The largest absolute Gasteiger partial charge is 0.310 e. The van der Waals surface area contributed by atoms with Gasteiger partial charge in [-0.2, -0.15) is 0 Å². The second kappa shape index (κ2) is 6.41. The van der Waals surface area contributed by atoms with Gasteiger partial charge in [-0.05, 0) is 36.8 Å². The first-order valence-corrected chi connectivity index (χ1v) is 9.12. The molecule has 0 bridgehead atoms. The molecular formula is C16H14ClFN2O3S. The predicted molar refractivity (Wildman–Crippen MR) is 90.2 cm³/mol. The van der Waals surface area contributed by atoms with Crippen molar-refractivity contribution in [1.29, 1.82) is 0 Å². The normalized spacial score (nSPS) is 14.9. The molecule has 1 aliphatic heterocycles. The average molecular weight is 369 g/mol. The van der Waals surface area contributed by atoms with E-state index in [0.29, 0.717) is 18.7 Å². The minimum atomic E-state index is -3.96. The number of sulfonamides is 1. The summed E-state index contributed by atoms with van der Waals surface area (Å²) in [6, 6.07) is 9.82. The second-order valence-corrected chi connectivity index (χ2v) is 7.44. The number of carbonyl (C=O) groups excluding carboxylic acids is 1. The van der Waals surface area contributed by atoms with Crippen molar-refractivity contribution in [2.75, 3.05) is 16.2 Å². The lowest BCUT2D eigenvalue weighted by Gasteiger charge is -2.20. The van der Waals surface area contributed by atoms with Crippen molar-refractivity contribution < 1.29 is 17.6 Å². The summed E-state index contributed by atoms with van der Waals surface area (Å²) in [5.41, 5.74) is 0.782. The zero-order chi connectivity index (χ0) is 17.3. The lowest BCUT2D eigenvalue weighted by molar-refractivity contribution is -0.117. The van der Waals surface area contributed by atoms with E-state index in [4.69, 9.17) is 11.6 Å². The molecule has 0 saturated carbocycles. The highest BCUT2D eigenvalue weighted by molar-refractivity contribution is 7.92. The fourth-order valence-electron chi connectivity index (χ4n) is 2.55. The molecule has 1 N–H and O–H groups in total. The van der Waals surface area contributed by atoms with Gasteiger partial charge >= 0.3 is 0 Å². The molecule has 0 aromatic heterocycles. The predicted octanol–water partition coefficient (Wildman–Crippen LogP) is 3.41. The highest BCUT2D eigenvalue weighted by Gasteiger charge is 2.25. The van der Waals surface area contributed by atoms with Crippen molar-refractivity contribution in [2.24, 2.45) is 0 Å². The third-order valence-electron chi connectivity index (χ3n) is 3.71. The first kappa shape index (κ1) is 16.7. The number of nitrogens with zero attached hydrogens (tertiary/aromatic N) is 1. The number of hydrogen-bond acceptors (Lipinski definition) is 3. The van der Waals surface area contributed by atoms with E-state index in [9.17, 15) is 17.6 Å². The number of anilines is 2. The minimum absolute atomic E-state index is 0.0496. The Bertz CT molecular complexity index is 902. The molecule has 0 radical (unpaired) electrons. The highest BCUT2D eigenvalue weighted by atomic mass is 35.5. The van der Waals surface area contributed by atoms with Crippen molar-refractivity contribution in [3.8, 4) is 0 Å². The number of nitrogens with one attached hydrogen (secondary N) is 1. The van der Waals surface area contributed by atoms with E-state index in [0.717, 1.165) is 24.6 Å². The third-order valence-corrected chi connectivity index (χ3v) is 5.37. The zero-order valence-electron chi connectivity index (χ0n) is 12.5. The smallest absolute Gasteiger partial charge is 0.262 e. The summed E-state index contributed by atoms with van der Waals surface area (Å²) in [6.45, 7) is 0.542. The van der Waals surface area contributed by atoms with E-state index < -0.39 is 15.8 Å². The molecule has 1 aliphatic rings. The van der Waals surface area contributed by atoms with Gasteiger partial charge in [-0.25, -0.2) is 12.8 Å². The van der Waals surface area contributed by atoms with Gasteiger partial charge in [-0.3, -0.25) is 9.52 Å². The molecule has 0 unspecified atom stereocenters. The number of carbonyl (C=O) groups is 1.